The molecule has 0 spiro atoms. The Morgan fingerprint density at radius 1 is 0.341 bits per heavy atom. The quantitative estimate of drug-likeness (QED) is 0.0478. The second kappa shape index (κ2) is 37.8. The first-order chi connectivity index (χ1) is 20.3. The van der Waals surface area contributed by atoms with Gasteiger partial charge in [-0.1, -0.05) is 155 Å². The summed E-state index contributed by atoms with van der Waals surface area (Å²) >= 11 is 0. The van der Waals surface area contributed by atoms with Crippen molar-refractivity contribution in [3.63, 3.8) is 0 Å². The summed E-state index contributed by atoms with van der Waals surface area (Å²) in [6.07, 6.45) is 34.4. The first kappa shape index (κ1) is 40.8. The van der Waals surface area contributed by atoms with Crippen molar-refractivity contribution in [2.24, 2.45) is 0 Å². The molecule has 0 fully saturated rings. The van der Waals surface area contributed by atoms with Crippen LogP contribution in [0.1, 0.15) is 168 Å². The van der Waals surface area contributed by atoms with Crippen molar-refractivity contribution in [2.75, 3.05) is 59.4 Å². The van der Waals surface area contributed by atoms with Crippen LogP contribution >= 0.6 is 0 Å². The van der Waals surface area contributed by atoms with Gasteiger partial charge in [-0.15, -0.1) is 0 Å². The summed E-state index contributed by atoms with van der Waals surface area (Å²) in [5.41, 5.74) is 0. The van der Waals surface area contributed by atoms with Gasteiger partial charge in [0.05, 0.1) is 0 Å². The third kappa shape index (κ3) is 35.9. The third-order valence-corrected chi connectivity index (χ3v) is 8.56. The molecule has 0 heterocycles. The smallest absolute Gasteiger partial charge is 0.00793 e. The Labute approximate surface area is 259 Å². The summed E-state index contributed by atoms with van der Waals surface area (Å²) in [5, 5.41) is 17.7. The molecule has 0 aromatic rings. The maximum atomic E-state index is 3.92. The molecule has 0 aliphatic carbocycles. The largest absolute Gasteiger partial charge is 0.318 e. The molecule has 0 saturated heterocycles. The standard InChI is InChI=1S/C36H79N5/c1-4-6-8-10-12-14-16-18-20-22-24-26-36(27-25-23-21-19-17-15-13-11-9-7-5-2)41-35-34-40-33-32-39-31-30-38-29-28-37-3/h36-41H,4-35H2,1-3H3. The Bertz CT molecular complexity index is 422. The van der Waals surface area contributed by atoms with Gasteiger partial charge < -0.3 is 26.6 Å². The van der Waals surface area contributed by atoms with Crippen LogP contribution in [0.15, 0.2) is 0 Å². The molecule has 41 heavy (non-hydrogen) atoms. The lowest BCUT2D eigenvalue weighted by molar-refractivity contribution is 0.408. The fourth-order valence-electron chi connectivity index (χ4n) is 5.76. The highest BCUT2D eigenvalue weighted by Crippen LogP contribution is 2.16. The molecule has 0 aromatic heterocycles. The van der Waals surface area contributed by atoms with Gasteiger partial charge in [0.25, 0.3) is 0 Å². The van der Waals surface area contributed by atoms with Crippen molar-refractivity contribution in [3.05, 3.63) is 0 Å². The molecule has 0 unspecified atom stereocenters. The summed E-state index contributed by atoms with van der Waals surface area (Å²) in [6, 6.07) is 0.718. The lowest BCUT2D eigenvalue weighted by Crippen LogP contribution is -2.38. The fraction of sp³-hybridized carbons (Fsp3) is 1.00. The molecule has 0 aromatic carbocycles. The zero-order valence-electron chi connectivity index (χ0n) is 28.7. The van der Waals surface area contributed by atoms with E-state index >= 15 is 0 Å². The van der Waals surface area contributed by atoms with Gasteiger partial charge in [-0.2, -0.15) is 0 Å². The maximum Gasteiger partial charge on any atom is 0.00793 e. The summed E-state index contributed by atoms with van der Waals surface area (Å²) in [7, 11) is 2.00. The number of hydrogen-bond acceptors (Lipinski definition) is 5. The minimum Gasteiger partial charge on any atom is -0.318 e. The number of rotatable bonds is 37. The molecule has 0 aliphatic rings. The van der Waals surface area contributed by atoms with E-state index in [4.69, 9.17) is 0 Å². The number of likely N-dealkylation sites (N-methyl/N-ethyl adjacent to an activating group) is 1. The second-order valence-electron chi connectivity index (χ2n) is 12.7. The highest BCUT2D eigenvalue weighted by Gasteiger charge is 2.08. The van der Waals surface area contributed by atoms with Crippen LogP contribution in [0.25, 0.3) is 0 Å². The van der Waals surface area contributed by atoms with E-state index in [0.29, 0.717) is 0 Å². The molecule has 0 radical (unpaired) electrons. The number of nitrogens with one attached hydrogen (secondary N) is 5. The van der Waals surface area contributed by atoms with Crippen LogP contribution in [0.5, 0.6) is 0 Å². The number of hydrogen-bond donors (Lipinski definition) is 5. The highest BCUT2D eigenvalue weighted by atomic mass is 15.0. The van der Waals surface area contributed by atoms with E-state index in [-0.39, 0.29) is 0 Å². The molecule has 0 rings (SSSR count). The Morgan fingerprint density at radius 2 is 0.634 bits per heavy atom. The third-order valence-electron chi connectivity index (χ3n) is 8.56. The zero-order valence-corrected chi connectivity index (χ0v) is 28.7. The van der Waals surface area contributed by atoms with E-state index in [9.17, 15) is 0 Å². The fourth-order valence-corrected chi connectivity index (χ4v) is 5.76. The Kier molecular flexibility index (Phi) is 37.6. The van der Waals surface area contributed by atoms with Gasteiger partial charge in [0.15, 0.2) is 0 Å². The monoisotopic (exact) mass is 582 g/mol. The van der Waals surface area contributed by atoms with Gasteiger partial charge in [0.1, 0.15) is 0 Å². The average Bonchev–Trinajstić information content (AvgIpc) is 2.98. The minimum absolute atomic E-state index is 0.718. The van der Waals surface area contributed by atoms with Crippen LogP contribution in [0.3, 0.4) is 0 Å². The van der Waals surface area contributed by atoms with Crippen LogP contribution < -0.4 is 26.6 Å². The summed E-state index contributed by atoms with van der Waals surface area (Å²) < 4.78 is 0. The maximum absolute atomic E-state index is 3.92. The van der Waals surface area contributed by atoms with Crippen molar-refractivity contribution in [1.82, 2.24) is 26.6 Å². The van der Waals surface area contributed by atoms with Crippen LogP contribution in [0.2, 0.25) is 0 Å². The van der Waals surface area contributed by atoms with Gasteiger partial charge >= 0.3 is 0 Å². The van der Waals surface area contributed by atoms with Crippen LogP contribution in [-0.2, 0) is 0 Å². The van der Waals surface area contributed by atoms with Gasteiger partial charge in [0, 0.05) is 58.4 Å². The van der Waals surface area contributed by atoms with Gasteiger partial charge in [-0.3, -0.25) is 0 Å². The molecule has 5 nitrogen and oxygen atoms in total. The topological polar surface area (TPSA) is 60.1 Å². The molecule has 0 atom stereocenters. The van der Waals surface area contributed by atoms with E-state index in [1.54, 1.807) is 0 Å². The molecule has 5 heteroatoms. The van der Waals surface area contributed by atoms with Crippen molar-refractivity contribution in [2.45, 2.75) is 174 Å². The van der Waals surface area contributed by atoms with Gasteiger partial charge in [-0.25, -0.2) is 0 Å². The van der Waals surface area contributed by atoms with Crippen molar-refractivity contribution in [1.29, 1.82) is 0 Å². The molecular weight excluding hydrogens is 502 g/mol. The Morgan fingerprint density at radius 3 is 0.976 bits per heavy atom. The van der Waals surface area contributed by atoms with Crippen molar-refractivity contribution < 1.29 is 0 Å². The molecule has 0 aliphatic heterocycles. The first-order valence-corrected chi connectivity index (χ1v) is 18.8. The molecule has 0 bridgehead atoms. The lowest BCUT2D eigenvalue weighted by atomic mass is 9.99. The first-order valence-electron chi connectivity index (χ1n) is 18.8. The van der Waals surface area contributed by atoms with Gasteiger partial charge in [0.2, 0.25) is 0 Å². The van der Waals surface area contributed by atoms with E-state index in [2.05, 4.69) is 40.4 Å². The van der Waals surface area contributed by atoms with Gasteiger partial charge in [-0.05, 0) is 19.9 Å². The van der Waals surface area contributed by atoms with E-state index in [1.807, 2.05) is 7.05 Å². The summed E-state index contributed by atoms with van der Waals surface area (Å²) in [4.78, 5) is 0. The summed E-state index contributed by atoms with van der Waals surface area (Å²) in [6.45, 7) is 13.1. The highest BCUT2D eigenvalue weighted by molar-refractivity contribution is 4.69. The van der Waals surface area contributed by atoms with E-state index in [1.165, 1.54) is 154 Å². The lowest BCUT2D eigenvalue weighted by Gasteiger charge is -2.19. The normalized spacial score (nSPS) is 11.7. The van der Waals surface area contributed by atoms with E-state index < -0.39 is 0 Å². The van der Waals surface area contributed by atoms with Crippen LogP contribution in [-0.4, -0.2) is 65.4 Å². The molecular formula is C36H79N5. The zero-order chi connectivity index (χ0) is 29.7. The predicted octanol–water partition coefficient (Wildman–Crippen LogP) is 8.34. The summed E-state index contributed by atoms with van der Waals surface area (Å²) in [5.74, 6) is 0. The van der Waals surface area contributed by atoms with E-state index in [0.717, 1.165) is 58.4 Å². The molecule has 0 amide bonds. The minimum atomic E-state index is 0.718. The van der Waals surface area contributed by atoms with Crippen LogP contribution in [0.4, 0.5) is 0 Å². The van der Waals surface area contributed by atoms with Crippen LogP contribution in [0, 0.1) is 0 Å². The molecule has 5 N–H and O–H groups in total. The molecule has 248 valence electrons. The second-order valence-corrected chi connectivity index (χ2v) is 12.7. The Hall–Kier alpha value is -0.200. The predicted molar refractivity (Wildman–Crippen MR) is 186 cm³/mol. The number of unbranched alkanes of at least 4 members (excludes halogenated alkanes) is 20. The Balaban J connectivity index is 3.89. The van der Waals surface area contributed by atoms with Crippen molar-refractivity contribution >= 4 is 0 Å². The average molecular weight is 582 g/mol. The molecule has 0 saturated carbocycles. The van der Waals surface area contributed by atoms with Crippen molar-refractivity contribution in [3.8, 4) is 0 Å². The SMILES string of the molecule is CCCCCCCCCCCCCC(CCCCCCCCCCCCC)NCCNCCNCCNCCNC.